The molecule has 0 fully saturated rings. The van der Waals surface area contributed by atoms with Gasteiger partial charge in [-0.1, -0.05) is 30.3 Å². The van der Waals surface area contributed by atoms with Crippen LogP contribution in [0.1, 0.15) is 13.8 Å². The number of rotatable bonds is 6. The van der Waals surface area contributed by atoms with E-state index >= 15 is 0 Å². The topological polar surface area (TPSA) is 50.3 Å². The summed E-state index contributed by atoms with van der Waals surface area (Å²) in [7, 11) is 1.98. The number of nitrogens with one attached hydrogen (secondary N) is 1. The van der Waals surface area contributed by atoms with E-state index in [2.05, 4.69) is 15.3 Å². The number of anilines is 4. The molecule has 1 heterocycles. The predicted octanol–water partition coefficient (Wildman–Crippen LogP) is 4.78. The van der Waals surface area contributed by atoms with Crippen LogP contribution in [0.15, 0.2) is 66.9 Å². The maximum atomic E-state index is 5.84. The summed E-state index contributed by atoms with van der Waals surface area (Å²) in [4.78, 5) is 11.0. The normalized spacial score (nSPS) is 10.6. The van der Waals surface area contributed by atoms with E-state index in [0.717, 1.165) is 22.9 Å². The van der Waals surface area contributed by atoms with Crippen molar-refractivity contribution >= 4 is 23.1 Å². The largest absolute Gasteiger partial charge is 0.489 e. The lowest BCUT2D eigenvalue weighted by molar-refractivity contribution is 0.244. The molecule has 0 spiro atoms. The molecule has 0 atom stereocenters. The molecule has 1 N–H and O–H groups in total. The quantitative estimate of drug-likeness (QED) is 0.703. The third-order valence-corrected chi connectivity index (χ3v) is 3.62. The van der Waals surface area contributed by atoms with Crippen molar-refractivity contribution in [3.05, 3.63) is 66.9 Å². The first-order valence-corrected chi connectivity index (χ1v) is 8.28. The zero-order valence-electron chi connectivity index (χ0n) is 14.7. The third-order valence-electron chi connectivity index (χ3n) is 3.62. The van der Waals surface area contributed by atoms with E-state index < -0.39 is 0 Å². The highest BCUT2D eigenvalue weighted by Gasteiger charge is 2.09. The number of ether oxygens (including phenoxy) is 1. The summed E-state index contributed by atoms with van der Waals surface area (Å²) in [6, 6.07) is 19.8. The molecule has 25 heavy (non-hydrogen) atoms. The minimum absolute atomic E-state index is 0.0967. The number of para-hydroxylation sites is 3. The van der Waals surface area contributed by atoms with Crippen LogP contribution in [0.2, 0.25) is 0 Å². The number of hydrogen-bond acceptors (Lipinski definition) is 5. The Hall–Kier alpha value is -3.08. The molecule has 5 nitrogen and oxygen atoms in total. The molecule has 5 heteroatoms. The third kappa shape index (κ3) is 4.26. The van der Waals surface area contributed by atoms with E-state index in [9.17, 15) is 0 Å². The molecule has 0 aliphatic rings. The Balaban J connectivity index is 1.83. The molecular weight excluding hydrogens is 312 g/mol. The summed E-state index contributed by atoms with van der Waals surface area (Å²) < 4.78 is 5.84. The van der Waals surface area contributed by atoms with Crippen LogP contribution in [-0.2, 0) is 0 Å². The fraction of sp³-hybridized carbons (Fsp3) is 0.200. The first kappa shape index (κ1) is 16.8. The second-order valence-electron chi connectivity index (χ2n) is 5.92. The molecular formula is C20H22N4O. The Morgan fingerprint density at radius 1 is 0.960 bits per heavy atom. The first-order valence-electron chi connectivity index (χ1n) is 8.28. The molecule has 3 aromatic rings. The maximum absolute atomic E-state index is 5.84. The lowest BCUT2D eigenvalue weighted by atomic mass is 10.3. The maximum Gasteiger partial charge on any atom is 0.229 e. The highest BCUT2D eigenvalue weighted by molar-refractivity contribution is 5.64. The lowest BCUT2D eigenvalue weighted by Crippen LogP contribution is -2.12. The molecule has 0 saturated heterocycles. The molecule has 0 aliphatic carbocycles. The Morgan fingerprint density at radius 2 is 1.68 bits per heavy atom. The van der Waals surface area contributed by atoms with Gasteiger partial charge < -0.3 is 15.0 Å². The smallest absolute Gasteiger partial charge is 0.229 e. The molecule has 2 aromatic carbocycles. The van der Waals surface area contributed by atoms with Crippen LogP contribution in [0.25, 0.3) is 0 Å². The van der Waals surface area contributed by atoms with E-state index in [0.29, 0.717) is 5.95 Å². The molecule has 1 aromatic heterocycles. The zero-order valence-corrected chi connectivity index (χ0v) is 14.7. The highest BCUT2D eigenvalue weighted by Crippen LogP contribution is 2.28. The standard InChI is InChI=1S/C20H22N4O/c1-15(2)25-18-12-8-7-11-17(18)22-20-21-14-13-19(23-20)24(3)16-9-5-4-6-10-16/h4-15H,1-3H3,(H,21,22,23). The molecule has 0 unspecified atom stereocenters. The second kappa shape index (κ2) is 7.66. The predicted molar refractivity (Wildman–Crippen MR) is 102 cm³/mol. The Kier molecular flexibility index (Phi) is 5.14. The van der Waals surface area contributed by atoms with E-state index in [1.807, 2.05) is 86.5 Å². The summed E-state index contributed by atoms with van der Waals surface area (Å²) in [5.41, 5.74) is 1.91. The summed E-state index contributed by atoms with van der Waals surface area (Å²) in [6.07, 6.45) is 1.84. The lowest BCUT2D eigenvalue weighted by Gasteiger charge is -2.19. The zero-order chi connectivity index (χ0) is 17.6. The van der Waals surface area contributed by atoms with Crippen LogP contribution in [0, 0.1) is 0 Å². The molecule has 0 amide bonds. The van der Waals surface area contributed by atoms with Crippen molar-refractivity contribution in [2.24, 2.45) is 0 Å². The van der Waals surface area contributed by atoms with Crippen molar-refractivity contribution in [2.45, 2.75) is 20.0 Å². The van der Waals surface area contributed by atoms with E-state index in [4.69, 9.17) is 4.74 Å². The van der Waals surface area contributed by atoms with Gasteiger partial charge in [-0.25, -0.2) is 4.98 Å². The molecule has 0 aliphatic heterocycles. The number of aromatic nitrogens is 2. The van der Waals surface area contributed by atoms with Gasteiger partial charge in [0.2, 0.25) is 5.95 Å². The summed E-state index contributed by atoms with van der Waals surface area (Å²) in [5.74, 6) is 2.12. The average molecular weight is 334 g/mol. The van der Waals surface area contributed by atoms with Gasteiger partial charge in [0.25, 0.3) is 0 Å². The van der Waals surface area contributed by atoms with Gasteiger partial charge in [-0.15, -0.1) is 0 Å². The van der Waals surface area contributed by atoms with E-state index in [-0.39, 0.29) is 6.10 Å². The van der Waals surface area contributed by atoms with Gasteiger partial charge in [-0.05, 0) is 44.2 Å². The van der Waals surface area contributed by atoms with Gasteiger partial charge >= 0.3 is 0 Å². The van der Waals surface area contributed by atoms with Crippen molar-refractivity contribution < 1.29 is 4.74 Å². The first-order chi connectivity index (χ1) is 12.1. The van der Waals surface area contributed by atoms with Crippen LogP contribution in [0.5, 0.6) is 5.75 Å². The minimum Gasteiger partial charge on any atom is -0.489 e. The highest BCUT2D eigenvalue weighted by atomic mass is 16.5. The Morgan fingerprint density at radius 3 is 2.44 bits per heavy atom. The van der Waals surface area contributed by atoms with Crippen LogP contribution in [0.4, 0.5) is 23.1 Å². The SMILES string of the molecule is CC(C)Oc1ccccc1Nc1nccc(N(C)c2ccccc2)n1. The van der Waals surface area contributed by atoms with Gasteiger partial charge in [0.15, 0.2) is 0 Å². The fourth-order valence-electron chi connectivity index (χ4n) is 2.43. The molecule has 0 saturated carbocycles. The number of hydrogen-bond donors (Lipinski definition) is 1. The van der Waals surface area contributed by atoms with Gasteiger partial charge in [-0.2, -0.15) is 4.98 Å². The minimum atomic E-state index is 0.0967. The van der Waals surface area contributed by atoms with Crippen molar-refractivity contribution in [2.75, 3.05) is 17.3 Å². The van der Waals surface area contributed by atoms with Crippen LogP contribution < -0.4 is 15.0 Å². The van der Waals surface area contributed by atoms with Crippen molar-refractivity contribution in [3.63, 3.8) is 0 Å². The Bertz CT molecular complexity index is 821. The van der Waals surface area contributed by atoms with Gasteiger partial charge in [-0.3, -0.25) is 0 Å². The van der Waals surface area contributed by atoms with Gasteiger partial charge in [0.1, 0.15) is 11.6 Å². The molecule has 0 radical (unpaired) electrons. The average Bonchev–Trinajstić information content (AvgIpc) is 2.63. The molecule has 128 valence electrons. The van der Waals surface area contributed by atoms with E-state index in [1.165, 1.54) is 0 Å². The second-order valence-corrected chi connectivity index (χ2v) is 5.92. The Labute approximate surface area is 148 Å². The van der Waals surface area contributed by atoms with Crippen molar-refractivity contribution in [3.8, 4) is 5.75 Å². The van der Waals surface area contributed by atoms with Crippen LogP contribution in [-0.4, -0.2) is 23.1 Å². The summed E-state index contributed by atoms with van der Waals surface area (Å²) in [6.45, 7) is 4.01. The van der Waals surface area contributed by atoms with Crippen molar-refractivity contribution in [1.29, 1.82) is 0 Å². The number of nitrogens with zero attached hydrogens (tertiary/aromatic N) is 3. The van der Waals surface area contributed by atoms with E-state index in [1.54, 1.807) is 6.20 Å². The van der Waals surface area contributed by atoms with Gasteiger partial charge in [0, 0.05) is 18.9 Å². The van der Waals surface area contributed by atoms with Gasteiger partial charge in [0.05, 0.1) is 11.8 Å². The monoisotopic (exact) mass is 334 g/mol. The number of benzene rings is 2. The molecule has 0 bridgehead atoms. The van der Waals surface area contributed by atoms with Crippen LogP contribution in [0.3, 0.4) is 0 Å². The summed E-state index contributed by atoms with van der Waals surface area (Å²) in [5, 5.41) is 3.25. The van der Waals surface area contributed by atoms with Crippen molar-refractivity contribution in [1.82, 2.24) is 9.97 Å². The summed E-state index contributed by atoms with van der Waals surface area (Å²) >= 11 is 0. The van der Waals surface area contributed by atoms with Crippen LogP contribution >= 0.6 is 0 Å². The molecule has 3 rings (SSSR count). The fourth-order valence-corrected chi connectivity index (χ4v) is 2.43.